The minimum absolute atomic E-state index is 0.100. The number of hydrogen-bond donors (Lipinski definition) is 0. The van der Waals surface area contributed by atoms with E-state index in [1.54, 1.807) is 17.9 Å². The summed E-state index contributed by atoms with van der Waals surface area (Å²) in [5.41, 5.74) is 0.950. The molecule has 10 heteroatoms. The van der Waals surface area contributed by atoms with Crippen LogP contribution in [0.4, 0.5) is 5.69 Å². The first kappa shape index (κ1) is 21.2. The van der Waals surface area contributed by atoms with Crippen LogP contribution < -0.4 is 16.1 Å². The number of fused-ring (bicyclic) bond motifs is 1. The van der Waals surface area contributed by atoms with Gasteiger partial charge in [0.2, 0.25) is 5.91 Å². The Hall–Kier alpha value is -3.07. The standard InChI is InChI=1S/C21H25ClN6O3/c1-24-19-18(20(30)25(2)21(24)31)28(14-23-19)9-5-8-17(29)27-12-10-26(11-13-27)16-7-4-3-6-15(16)22/h3-4,6-7,14H,5,8-13H2,1-2H3. The van der Waals surface area contributed by atoms with Gasteiger partial charge in [-0.25, -0.2) is 9.78 Å². The van der Waals surface area contributed by atoms with Crippen LogP contribution in [0.2, 0.25) is 5.02 Å². The van der Waals surface area contributed by atoms with Crippen LogP contribution in [0.5, 0.6) is 0 Å². The maximum atomic E-state index is 12.7. The van der Waals surface area contributed by atoms with Crippen molar-refractivity contribution in [2.24, 2.45) is 14.1 Å². The smallest absolute Gasteiger partial charge is 0.332 e. The number of carbonyl (C=O) groups excluding carboxylic acids is 1. The maximum absolute atomic E-state index is 12.7. The molecule has 4 rings (SSSR count). The monoisotopic (exact) mass is 444 g/mol. The minimum atomic E-state index is -0.408. The molecule has 1 amide bonds. The van der Waals surface area contributed by atoms with Crippen LogP contribution in [0.1, 0.15) is 12.8 Å². The van der Waals surface area contributed by atoms with E-state index in [0.29, 0.717) is 43.6 Å². The van der Waals surface area contributed by atoms with Crippen molar-refractivity contribution in [3.8, 4) is 0 Å². The number of aromatic nitrogens is 4. The second-order valence-electron chi connectivity index (χ2n) is 7.74. The number of aryl methyl sites for hydroxylation is 2. The highest BCUT2D eigenvalue weighted by molar-refractivity contribution is 6.33. The van der Waals surface area contributed by atoms with E-state index < -0.39 is 5.69 Å². The molecular formula is C21H25ClN6O3. The molecule has 164 valence electrons. The summed E-state index contributed by atoms with van der Waals surface area (Å²) in [6.45, 7) is 3.27. The van der Waals surface area contributed by atoms with Gasteiger partial charge < -0.3 is 14.4 Å². The van der Waals surface area contributed by atoms with Gasteiger partial charge in [-0.05, 0) is 18.6 Å². The molecule has 0 radical (unpaired) electrons. The fourth-order valence-corrected chi connectivity index (χ4v) is 4.29. The highest BCUT2D eigenvalue weighted by Crippen LogP contribution is 2.26. The van der Waals surface area contributed by atoms with Crippen molar-refractivity contribution in [3.63, 3.8) is 0 Å². The van der Waals surface area contributed by atoms with Crippen LogP contribution in [-0.4, -0.2) is 55.7 Å². The Morgan fingerprint density at radius 3 is 2.48 bits per heavy atom. The van der Waals surface area contributed by atoms with Crippen molar-refractivity contribution in [2.75, 3.05) is 31.1 Å². The summed E-state index contributed by atoms with van der Waals surface area (Å²) in [7, 11) is 3.04. The molecule has 1 fully saturated rings. The van der Waals surface area contributed by atoms with Crippen molar-refractivity contribution >= 4 is 34.4 Å². The average molecular weight is 445 g/mol. The van der Waals surface area contributed by atoms with Gasteiger partial charge in [0.25, 0.3) is 5.56 Å². The van der Waals surface area contributed by atoms with Crippen LogP contribution >= 0.6 is 11.6 Å². The van der Waals surface area contributed by atoms with Crippen molar-refractivity contribution < 1.29 is 4.79 Å². The molecule has 31 heavy (non-hydrogen) atoms. The Labute approximate surface area is 184 Å². The molecule has 0 bridgehead atoms. The van der Waals surface area contributed by atoms with E-state index in [-0.39, 0.29) is 11.5 Å². The lowest BCUT2D eigenvalue weighted by molar-refractivity contribution is -0.131. The van der Waals surface area contributed by atoms with E-state index in [4.69, 9.17) is 11.6 Å². The van der Waals surface area contributed by atoms with Crippen molar-refractivity contribution in [1.82, 2.24) is 23.6 Å². The lowest BCUT2D eigenvalue weighted by Gasteiger charge is -2.36. The molecule has 0 unspecified atom stereocenters. The van der Waals surface area contributed by atoms with Crippen molar-refractivity contribution in [1.29, 1.82) is 0 Å². The fourth-order valence-electron chi connectivity index (χ4n) is 4.03. The van der Waals surface area contributed by atoms with Crippen LogP contribution in [0.15, 0.2) is 40.2 Å². The number of piperazine rings is 1. The number of amides is 1. The Kier molecular flexibility index (Phi) is 5.86. The lowest BCUT2D eigenvalue weighted by Crippen LogP contribution is -2.48. The Bertz CT molecular complexity index is 1240. The SMILES string of the molecule is Cn1c(=O)c2c(ncn2CCCC(=O)N2CCN(c3ccccc3Cl)CC2)n(C)c1=O. The van der Waals surface area contributed by atoms with Crippen LogP contribution in [0.3, 0.4) is 0 Å². The Balaban J connectivity index is 1.35. The van der Waals surface area contributed by atoms with E-state index >= 15 is 0 Å². The highest BCUT2D eigenvalue weighted by Gasteiger charge is 2.22. The number of carbonyl (C=O) groups is 1. The molecule has 0 aliphatic carbocycles. The van der Waals surface area contributed by atoms with E-state index in [1.807, 2.05) is 29.2 Å². The van der Waals surface area contributed by atoms with Crippen molar-refractivity contribution in [3.05, 3.63) is 56.5 Å². The summed E-state index contributed by atoms with van der Waals surface area (Å²) in [4.78, 5) is 45.5. The molecule has 9 nitrogen and oxygen atoms in total. The Morgan fingerprint density at radius 2 is 1.77 bits per heavy atom. The number of nitrogens with zero attached hydrogens (tertiary/aromatic N) is 6. The summed E-state index contributed by atoms with van der Waals surface area (Å²) >= 11 is 6.28. The molecular weight excluding hydrogens is 420 g/mol. The van der Waals surface area contributed by atoms with E-state index in [2.05, 4.69) is 9.88 Å². The number of rotatable bonds is 5. The molecule has 2 aromatic heterocycles. The van der Waals surface area contributed by atoms with Crippen LogP contribution in [0, 0.1) is 0 Å². The largest absolute Gasteiger partial charge is 0.367 e. The third kappa shape index (κ3) is 3.97. The lowest BCUT2D eigenvalue weighted by atomic mass is 10.2. The second-order valence-corrected chi connectivity index (χ2v) is 8.15. The third-order valence-electron chi connectivity index (χ3n) is 5.83. The topological polar surface area (TPSA) is 85.4 Å². The molecule has 1 aliphatic heterocycles. The van der Waals surface area contributed by atoms with Gasteiger partial charge in [0.1, 0.15) is 0 Å². The first-order valence-electron chi connectivity index (χ1n) is 10.3. The average Bonchev–Trinajstić information content (AvgIpc) is 3.21. The van der Waals surface area contributed by atoms with Gasteiger partial charge in [0.15, 0.2) is 11.2 Å². The zero-order valence-corrected chi connectivity index (χ0v) is 18.4. The number of benzene rings is 1. The first-order chi connectivity index (χ1) is 14.9. The van der Waals surface area contributed by atoms with E-state index in [1.165, 1.54) is 11.6 Å². The molecule has 0 saturated carbocycles. The first-order valence-corrected chi connectivity index (χ1v) is 10.6. The number of halogens is 1. The summed E-state index contributed by atoms with van der Waals surface area (Å²) in [5.74, 6) is 0.100. The number of para-hydroxylation sites is 1. The van der Waals surface area contributed by atoms with Gasteiger partial charge in [-0.3, -0.25) is 18.7 Å². The van der Waals surface area contributed by atoms with Gasteiger partial charge in [-0.15, -0.1) is 0 Å². The third-order valence-corrected chi connectivity index (χ3v) is 6.15. The molecule has 3 heterocycles. The predicted molar refractivity (Wildman–Crippen MR) is 120 cm³/mol. The van der Waals surface area contributed by atoms with E-state index in [0.717, 1.165) is 28.4 Å². The second kappa shape index (κ2) is 8.58. The quantitative estimate of drug-likeness (QED) is 0.590. The van der Waals surface area contributed by atoms with Gasteiger partial charge >= 0.3 is 5.69 Å². The Morgan fingerprint density at radius 1 is 1.06 bits per heavy atom. The van der Waals surface area contributed by atoms with Gasteiger partial charge in [-0.1, -0.05) is 23.7 Å². The number of imidazole rings is 1. The minimum Gasteiger partial charge on any atom is -0.367 e. The van der Waals surface area contributed by atoms with Gasteiger partial charge in [-0.2, -0.15) is 0 Å². The number of anilines is 1. The summed E-state index contributed by atoms with van der Waals surface area (Å²) in [5, 5.41) is 0.721. The summed E-state index contributed by atoms with van der Waals surface area (Å²) in [6, 6.07) is 7.74. The summed E-state index contributed by atoms with van der Waals surface area (Å²) in [6.07, 6.45) is 2.53. The van der Waals surface area contributed by atoms with E-state index in [9.17, 15) is 14.4 Å². The van der Waals surface area contributed by atoms with Gasteiger partial charge in [0, 0.05) is 53.2 Å². The number of hydrogen-bond acceptors (Lipinski definition) is 5. The highest BCUT2D eigenvalue weighted by atomic mass is 35.5. The van der Waals surface area contributed by atoms with Crippen LogP contribution in [-0.2, 0) is 25.4 Å². The fraction of sp³-hybridized carbons (Fsp3) is 0.429. The molecule has 1 aliphatic rings. The molecule has 3 aromatic rings. The van der Waals surface area contributed by atoms with Crippen molar-refractivity contribution in [2.45, 2.75) is 19.4 Å². The zero-order valence-electron chi connectivity index (χ0n) is 17.6. The molecule has 0 atom stereocenters. The normalized spacial score (nSPS) is 14.4. The predicted octanol–water partition coefficient (Wildman–Crippen LogP) is 1.22. The molecule has 1 aromatic carbocycles. The zero-order chi connectivity index (χ0) is 22.1. The summed E-state index contributed by atoms with van der Waals surface area (Å²) < 4.78 is 4.15. The molecule has 0 spiro atoms. The molecule has 1 saturated heterocycles. The maximum Gasteiger partial charge on any atom is 0.332 e. The molecule has 0 N–H and O–H groups in total. The van der Waals surface area contributed by atoms with Crippen LogP contribution in [0.25, 0.3) is 11.2 Å². The van der Waals surface area contributed by atoms with Gasteiger partial charge in [0.05, 0.1) is 17.0 Å².